The highest BCUT2D eigenvalue weighted by Crippen LogP contribution is 2.18. The molecule has 0 N–H and O–H groups in total. The summed E-state index contributed by atoms with van der Waals surface area (Å²) >= 11 is 0. The Bertz CT molecular complexity index is 173. The molecule has 19 heavy (non-hydrogen) atoms. The first-order valence-corrected chi connectivity index (χ1v) is 8.89. The van der Waals surface area contributed by atoms with Gasteiger partial charge in [0.25, 0.3) is 0 Å². The smallest absolute Gasteiger partial charge is 0.00974 e. The monoisotopic (exact) mass is 269 g/mol. The fourth-order valence-corrected chi connectivity index (χ4v) is 3.07. The number of hydrogen-bond acceptors (Lipinski definition) is 1. The SMILES string of the molecule is CCCCCCCCCC(CC(C)C)N(CC)CC. The summed E-state index contributed by atoms with van der Waals surface area (Å²) in [6.45, 7) is 14.1. The van der Waals surface area contributed by atoms with Gasteiger partial charge in [-0.2, -0.15) is 0 Å². The molecule has 0 aliphatic carbocycles. The van der Waals surface area contributed by atoms with Crippen molar-refractivity contribution in [2.45, 2.75) is 98.4 Å². The lowest BCUT2D eigenvalue weighted by molar-refractivity contribution is 0.177. The average Bonchev–Trinajstić information content (AvgIpc) is 2.38. The molecule has 1 unspecified atom stereocenters. The summed E-state index contributed by atoms with van der Waals surface area (Å²) in [5, 5.41) is 0. The summed E-state index contributed by atoms with van der Waals surface area (Å²) in [6.07, 6.45) is 12.8. The molecule has 0 fully saturated rings. The molecule has 0 aromatic heterocycles. The lowest BCUT2D eigenvalue weighted by Crippen LogP contribution is -2.36. The van der Waals surface area contributed by atoms with Gasteiger partial charge in [-0.3, -0.25) is 0 Å². The van der Waals surface area contributed by atoms with Crippen molar-refractivity contribution in [2.75, 3.05) is 13.1 Å². The molecule has 0 saturated carbocycles. The molecular weight excluding hydrogens is 230 g/mol. The van der Waals surface area contributed by atoms with E-state index in [0.29, 0.717) is 0 Å². The number of unbranched alkanes of at least 4 members (excludes halogenated alkanes) is 6. The quantitative estimate of drug-likeness (QED) is 0.377. The van der Waals surface area contributed by atoms with Crippen molar-refractivity contribution in [1.29, 1.82) is 0 Å². The highest BCUT2D eigenvalue weighted by Gasteiger charge is 2.16. The second kappa shape index (κ2) is 13.0. The van der Waals surface area contributed by atoms with Crippen LogP contribution >= 0.6 is 0 Å². The van der Waals surface area contributed by atoms with Gasteiger partial charge in [0.05, 0.1) is 0 Å². The molecule has 0 saturated heterocycles. The minimum absolute atomic E-state index is 0.825. The predicted molar refractivity (Wildman–Crippen MR) is 88.8 cm³/mol. The fraction of sp³-hybridized carbons (Fsp3) is 1.00. The van der Waals surface area contributed by atoms with Crippen LogP contribution in [-0.2, 0) is 0 Å². The normalized spacial score (nSPS) is 13.4. The van der Waals surface area contributed by atoms with E-state index in [9.17, 15) is 0 Å². The predicted octanol–water partition coefficient (Wildman–Crippen LogP) is 5.88. The molecule has 1 atom stereocenters. The van der Waals surface area contributed by atoms with Gasteiger partial charge in [-0.25, -0.2) is 0 Å². The molecule has 0 rings (SSSR count). The van der Waals surface area contributed by atoms with Crippen molar-refractivity contribution in [2.24, 2.45) is 5.92 Å². The van der Waals surface area contributed by atoms with Crippen LogP contribution in [0.2, 0.25) is 0 Å². The van der Waals surface area contributed by atoms with Gasteiger partial charge in [-0.05, 0) is 31.8 Å². The zero-order chi connectivity index (χ0) is 14.5. The molecule has 0 heterocycles. The standard InChI is InChI=1S/C18H39N/c1-6-9-10-11-12-13-14-15-18(16-17(4)5)19(7-2)8-3/h17-18H,6-16H2,1-5H3. The minimum Gasteiger partial charge on any atom is -0.301 e. The van der Waals surface area contributed by atoms with Crippen LogP contribution in [0, 0.1) is 5.92 Å². The lowest BCUT2D eigenvalue weighted by Gasteiger charge is -2.31. The Hall–Kier alpha value is -0.0400. The van der Waals surface area contributed by atoms with Crippen molar-refractivity contribution in [3.8, 4) is 0 Å². The summed E-state index contributed by atoms with van der Waals surface area (Å²) in [5.74, 6) is 0.829. The third-order valence-electron chi connectivity index (χ3n) is 4.21. The maximum atomic E-state index is 2.66. The zero-order valence-corrected chi connectivity index (χ0v) is 14.4. The third-order valence-corrected chi connectivity index (χ3v) is 4.21. The molecule has 116 valence electrons. The van der Waals surface area contributed by atoms with Gasteiger partial charge in [-0.15, -0.1) is 0 Å². The van der Waals surface area contributed by atoms with Gasteiger partial charge < -0.3 is 4.90 Å². The topological polar surface area (TPSA) is 3.24 Å². The summed E-state index contributed by atoms with van der Waals surface area (Å²) in [5.41, 5.74) is 0. The van der Waals surface area contributed by atoms with Crippen LogP contribution in [0.1, 0.15) is 92.4 Å². The largest absolute Gasteiger partial charge is 0.301 e. The van der Waals surface area contributed by atoms with Gasteiger partial charge in [0.2, 0.25) is 0 Å². The molecular formula is C18H39N. The van der Waals surface area contributed by atoms with Crippen LogP contribution in [0.25, 0.3) is 0 Å². The van der Waals surface area contributed by atoms with Crippen molar-refractivity contribution in [3.05, 3.63) is 0 Å². The third kappa shape index (κ3) is 10.4. The first-order valence-electron chi connectivity index (χ1n) is 8.89. The Balaban J connectivity index is 3.79. The number of rotatable bonds is 13. The van der Waals surface area contributed by atoms with Crippen molar-refractivity contribution in [3.63, 3.8) is 0 Å². The first-order chi connectivity index (χ1) is 9.15. The number of nitrogens with zero attached hydrogens (tertiary/aromatic N) is 1. The van der Waals surface area contributed by atoms with Gasteiger partial charge in [0.1, 0.15) is 0 Å². The number of hydrogen-bond donors (Lipinski definition) is 0. The summed E-state index contributed by atoms with van der Waals surface area (Å²) in [4.78, 5) is 2.66. The van der Waals surface area contributed by atoms with E-state index in [1.807, 2.05) is 0 Å². The lowest BCUT2D eigenvalue weighted by atomic mass is 9.96. The molecule has 0 aromatic carbocycles. The van der Waals surface area contributed by atoms with Gasteiger partial charge in [0, 0.05) is 6.04 Å². The Morgan fingerprint density at radius 1 is 0.737 bits per heavy atom. The van der Waals surface area contributed by atoms with E-state index in [-0.39, 0.29) is 0 Å². The van der Waals surface area contributed by atoms with Gasteiger partial charge in [-0.1, -0.05) is 79.6 Å². The molecule has 0 aromatic rings. The molecule has 0 spiro atoms. The second-order valence-corrected chi connectivity index (χ2v) is 6.41. The Morgan fingerprint density at radius 3 is 1.74 bits per heavy atom. The van der Waals surface area contributed by atoms with Crippen LogP contribution in [0.15, 0.2) is 0 Å². The Labute approximate surface area is 123 Å². The van der Waals surface area contributed by atoms with Crippen molar-refractivity contribution >= 4 is 0 Å². The zero-order valence-electron chi connectivity index (χ0n) is 14.4. The van der Waals surface area contributed by atoms with Crippen LogP contribution in [0.5, 0.6) is 0 Å². The molecule has 1 heteroatoms. The van der Waals surface area contributed by atoms with Crippen LogP contribution < -0.4 is 0 Å². The molecule has 0 radical (unpaired) electrons. The van der Waals surface area contributed by atoms with Gasteiger partial charge in [0.15, 0.2) is 0 Å². The Morgan fingerprint density at radius 2 is 1.26 bits per heavy atom. The molecule has 0 bridgehead atoms. The van der Waals surface area contributed by atoms with E-state index < -0.39 is 0 Å². The fourth-order valence-electron chi connectivity index (χ4n) is 3.07. The van der Waals surface area contributed by atoms with Crippen molar-refractivity contribution in [1.82, 2.24) is 4.90 Å². The molecule has 0 aliphatic heterocycles. The summed E-state index contributed by atoms with van der Waals surface area (Å²) in [7, 11) is 0. The van der Waals surface area contributed by atoms with Crippen LogP contribution in [-0.4, -0.2) is 24.0 Å². The second-order valence-electron chi connectivity index (χ2n) is 6.41. The van der Waals surface area contributed by atoms with Crippen molar-refractivity contribution < 1.29 is 0 Å². The van der Waals surface area contributed by atoms with Crippen LogP contribution in [0.4, 0.5) is 0 Å². The summed E-state index contributed by atoms with van der Waals surface area (Å²) in [6, 6.07) is 0.825. The van der Waals surface area contributed by atoms with E-state index in [1.165, 1.54) is 70.9 Å². The van der Waals surface area contributed by atoms with E-state index in [1.54, 1.807) is 0 Å². The van der Waals surface area contributed by atoms with E-state index in [0.717, 1.165) is 12.0 Å². The van der Waals surface area contributed by atoms with Gasteiger partial charge >= 0.3 is 0 Å². The van der Waals surface area contributed by atoms with Crippen LogP contribution in [0.3, 0.4) is 0 Å². The van der Waals surface area contributed by atoms with E-state index in [4.69, 9.17) is 0 Å². The average molecular weight is 270 g/mol. The maximum Gasteiger partial charge on any atom is 0.00974 e. The maximum absolute atomic E-state index is 2.66. The summed E-state index contributed by atoms with van der Waals surface area (Å²) < 4.78 is 0. The molecule has 0 amide bonds. The molecule has 1 nitrogen and oxygen atoms in total. The Kier molecular flexibility index (Phi) is 12.9. The molecule has 0 aliphatic rings. The minimum atomic E-state index is 0.825. The van der Waals surface area contributed by atoms with E-state index in [2.05, 4.69) is 39.5 Å². The highest BCUT2D eigenvalue weighted by atomic mass is 15.1. The van der Waals surface area contributed by atoms with E-state index >= 15 is 0 Å². The first kappa shape index (κ1) is 19.0. The highest BCUT2D eigenvalue weighted by molar-refractivity contribution is 4.71.